The third-order valence-electron chi connectivity index (χ3n) is 3.13. The molecule has 0 bridgehead atoms. The van der Waals surface area contributed by atoms with Crippen molar-refractivity contribution in [2.75, 3.05) is 40.0 Å². The number of aryl methyl sites for hydroxylation is 1. The molecule has 98 valence electrons. The van der Waals surface area contributed by atoms with E-state index in [9.17, 15) is 4.79 Å². The summed E-state index contributed by atoms with van der Waals surface area (Å²) in [5.74, 6) is 0.766. The molecule has 0 atom stereocenters. The zero-order chi connectivity index (χ0) is 13.0. The highest BCUT2D eigenvalue weighted by molar-refractivity contribution is 6.00. The lowest BCUT2D eigenvalue weighted by molar-refractivity contribution is 0.0370. The molecule has 1 aliphatic heterocycles. The first-order valence-corrected chi connectivity index (χ1v) is 6.18. The molecule has 1 aliphatic rings. The number of Topliss-reactive ketones (excluding diaryl/α,β-unsaturated/α-hetero) is 1. The lowest BCUT2D eigenvalue weighted by Crippen LogP contribution is -2.39. The fourth-order valence-electron chi connectivity index (χ4n) is 2.08. The second kappa shape index (κ2) is 5.98. The summed E-state index contributed by atoms with van der Waals surface area (Å²) in [4.78, 5) is 14.4. The van der Waals surface area contributed by atoms with Gasteiger partial charge in [0.15, 0.2) is 5.78 Å². The van der Waals surface area contributed by atoms with E-state index in [1.165, 1.54) is 0 Å². The van der Waals surface area contributed by atoms with Crippen LogP contribution in [-0.2, 0) is 4.74 Å². The molecule has 4 heteroatoms. The van der Waals surface area contributed by atoms with Crippen molar-refractivity contribution < 1.29 is 14.3 Å². The summed E-state index contributed by atoms with van der Waals surface area (Å²) >= 11 is 0. The molecule has 0 spiro atoms. The van der Waals surface area contributed by atoms with Crippen molar-refractivity contribution in [3.05, 3.63) is 29.3 Å². The minimum atomic E-state index is 0.105. The largest absolute Gasteiger partial charge is 0.496 e. The lowest BCUT2D eigenvalue weighted by atomic mass is 10.1. The molecule has 4 nitrogen and oxygen atoms in total. The first-order chi connectivity index (χ1) is 8.70. The van der Waals surface area contributed by atoms with Gasteiger partial charge in [-0.1, -0.05) is 6.07 Å². The van der Waals surface area contributed by atoms with Crippen LogP contribution in [0.15, 0.2) is 18.2 Å². The molecular formula is C14H19NO3. The predicted octanol–water partition coefficient (Wildman–Crippen LogP) is 1.52. The molecule has 0 radical (unpaired) electrons. The van der Waals surface area contributed by atoms with E-state index in [1.807, 2.05) is 25.1 Å². The number of ketones is 1. The maximum atomic E-state index is 12.2. The van der Waals surface area contributed by atoms with Crippen LogP contribution in [0.2, 0.25) is 0 Å². The maximum Gasteiger partial charge on any atom is 0.180 e. The highest BCUT2D eigenvalue weighted by Gasteiger charge is 2.18. The van der Waals surface area contributed by atoms with Gasteiger partial charge in [-0.05, 0) is 24.6 Å². The molecule has 1 aromatic rings. The number of carbonyl (C=O) groups is 1. The summed E-state index contributed by atoms with van der Waals surface area (Å²) in [6.45, 7) is 5.47. The van der Waals surface area contributed by atoms with Crippen LogP contribution in [0.25, 0.3) is 0 Å². The number of hydrogen-bond donors (Lipinski definition) is 0. The van der Waals surface area contributed by atoms with Crippen molar-refractivity contribution in [2.24, 2.45) is 0 Å². The standard InChI is InChI=1S/C14H19NO3/c1-11-3-4-12(14(9-11)17-2)13(16)10-15-5-7-18-8-6-15/h3-4,9H,5-8,10H2,1-2H3. The fourth-order valence-corrected chi connectivity index (χ4v) is 2.08. The van der Waals surface area contributed by atoms with Crippen LogP contribution < -0.4 is 4.74 Å². The van der Waals surface area contributed by atoms with Crippen molar-refractivity contribution in [2.45, 2.75) is 6.92 Å². The van der Waals surface area contributed by atoms with Gasteiger partial charge in [0, 0.05) is 13.1 Å². The Morgan fingerprint density at radius 3 is 2.78 bits per heavy atom. The summed E-state index contributed by atoms with van der Waals surface area (Å²) in [5.41, 5.74) is 1.75. The minimum Gasteiger partial charge on any atom is -0.496 e. The van der Waals surface area contributed by atoms with E-state index in [0.29, 0.717) is 31.1 Å². The topological polar surface area (TPSA) is 38.8 Å². The zero-order valence-corrected chi connectivity index (χ0v) is 10.9. The first-order valence-electron chi connectivity index (χ1n) is 6.18. The monoisotopic (exact) mass is 249 g/mol. The van der Waals surface area contributed by atoms with Gasteiger partial charge in [-0.25, -0.2) is 0 Å². The Labute approximate surface area is 107 Å². The van der Waals surface area contributed by atoms with E-state index in [2.05, 4.69) is 4.90 Å². The number of ether oxygens (including phenoxy) is 2. The second-order valence-corrected chi connectivity index (χ2v) is 4.52. The van der Waals surface area contributed by atoms with Gasteiger partial charge in [0.25, 0.3) is 0 Å². The van der Waals surface area contributed by atoms with Crippen LogP contribution in [0.3, 0.4) is 0 Å². The third kappa shape index (κ3) is 3.09. The van der Waals surface area contributed by atoms with Gasteiger partial charge in [0.1, 0.15) is 5.75 Å². The number of nitrogens with zero attached hydrogens (tertiary/aromatic N) is 1. The van der Waals surface area contributed by atoms with Gasteiger partial charge in [-0.15, -0.1) is 0 Å². The molecule has 0 aliphatic carbocycles. The predicted molar refractivity (Wildman–Crippen MR) is 69.3 cm³/mol. The summed E-state index contributed by atoms with van der Waals surface area (Å²) in [6.07, 6.45) is 0. The highest BCUT2D eigenvalue weighted by Crippen LogP contribution is 2.20. The molecule has 2 rings (SSSR count). The Morgan fingerprint density at radius 2 is 2.11 bits per heavy atom. The Balaban J connectivity index is 2.08. The lowest BCUT2D eigenvalue weighted by Gasteiger charge is -2.26. The molecule has 1 saturated heterocycles. The Morgan fingerprint density at radius 1 is 1.39 bits per heavy atom. The van der Waals surface area contributed by atoms with E-state index < -0.39 is 0 Å². The maximum absolute atomic E-state index is 12.2. The molecule has 0 amide bonds. The number of methoxy groups -OCH3 is 1. The molecule has 1 fully saturated rings. The third-order valence-corrected chi connectivity index (χ3v) is 3.13. The van der Waals surface area contributed by atoms with Gasteiger partial charge in [0.2, 0.25) is 0 Å². The van der Waals surface area contributed by atoms with E-state index in [-0.39, 0.29) is 5.78 Å². The van der Waals surface area contributed by atoms with Gasteiger partial charge in [-0.2, -0.15) is 0 Å². The molecule has 0 N–H and O–H groups in total. The van der Waals surface area contributed by atoms with Crippen molar-refractivity contribution in [3.8, 4) is 5.75 Å². The highest BCUT2D eigenvalue weighted by atomic mass is 16.5. The van der Waals surface area contributed by atoms with Crippen molar-refractivity contribution >= 4 is 5.78 Å². The van der Waals surface area contributed by atoms with Crippen LogP contribution in [0.4, 0.5) is 0 Å². The SMILES string of the molecule is COc1cc(C)ccc1C(=O)CN1CCOCC1. The Kier molecular flexibility index (Phi) is 4.33. The van der Waals surface area contributed by atoms with Crippen molar-refractivity contribution in [1.82, 2.24) is 4.90 Å². The summed E-state index contributed by atoms with van der Waals surface area (Å²) < 4.78 is 10.5. The number of hydrogen-bond acceptors (Lipinski definition) is 4. The number of benzene rings is 1. The fraction of sp³-hybridized carbons (Fsp3) is 0.500. The van der Waals surface area contributed by atoms with Crippen LogP contribution >= 0.6 is 0 Å². The van der Waals surface area contributed by atoms with Gasteiger partial charge >= 0.3 is 0 Å². The van der Waals surface area contributed by atoms with Crippen LogP contribution in [0.5, 0.6) is 5.75 Å². The summed E-state index contributed by atoms with van der Waals surface area (Å²) in [6, 6.07) is 5.68. The molecule has 1 heterocycles. The molecule has 18 heavy (non-hydrogen) atoms. The average molecular weight is 249 g/mol. The van der Waals surface area contributed by atoms with E-state index in [1.54, 1.807) is 7.11 Å². The van der Waals surface area contributed by atoms with Crippen molar-refractivity contribution in [1.29, 1.82) is 0 Å². The Bertz CT molecular complexity index is 425. The van der Waals surface area contributed by atoms with E-state index >= 15 is 0 Å². The van der Waals surface area contributed by atoms with E-state index in [0.717, 1.165) is 18.7 Å². The van der Waals surface area contributed by atoms with Gasteiger partial charge < -0.3 is 9.47 Å². The first kappa shape index (κ1) is 13.1. The van der Waals surface area contributed by atoms with Gasteiger partial charge in [0.05, 0.1) is 32.4 Å². The molecule has 1 aromatic carbocycles. The second-order valence-electron chi connectivity index (χ2n) is 4.52. The summed E-state index contributed by atoms with van der Waals surface area (Å²) in [7, 11) is 1.60. The molecule has 0 unspecified atom stereocenters. The Hall–Kier alpha value is -1.39. The van der Waals surface area contributed by atoms with Crippen LogP contribution in [-0.4, -0.2) is 50.6 Å². The van der Waals surface area contributed by atoms with Gasteiger partial charge in [-0.3, -0.25) is 9.69 Å². The normalized spacial score (nSPS) is 16.6. The number of morpholine rings is 1. The molecular weight excluding hydrogens is 230 g/mol. The quantitative estimate of drug-likeness (QED) is 0.758. The molecule has 0 saturated carbocycles. The van der Waals surface area contributed by atoms with Crippen LogP contribution in [0, 0.1) is 6.92 Å². The smallest absolute Gasteiger partial charge is 0.180 e. The van der Waals surface area contributed by atoms with Crippen molar-refractivity contribution in [3.63, 3.8) is 0 Å². The van der Waals surface area contributed by atoms with E-state index in [4.69, 9.17) is 9.47 Å². The number of carbonyl (C=O) groups excluding carboxylic acids is 1. The van der Waals surface area contributed by atoms with Crippen LogP contribution in [0.1, 0.15) is 15.9 Å². The summed E-state index contributed by atoms with van der Waals surface area (Å²) in [5, 5.41) is 0. The average Bonchev–Trinajstić information content (AvgIpc) is 2.39. The zero-order valence-electron chi connectivity index (χ0n) is 10.9. The minimum absolute atomic E-state index is 0.105. The molecule has 0 aromatic heterocycles. The number of rotatable bonds is 4.